The van der Waals surface area contributed by atoms with Crippen LogP contribution >= 0.6 is 0 Å². The Morgan fingerprint density at radius 1 is 1.35 bits per heavy atom. The van der Waals surface area contributed by atoms with Gasteiger partial charge < -0.3 is 20.1 Å². The molecule has 2 fully saturated rings. The van der Waals surface area contributed by atoms with E-state index in [9.17, 15) is 9.18 Å². The van der Waals surface area contributed by atoms with Crippen molar-refractivity contribution in [1.82, 2.24) is 10.2 Å². The summed E-state index contributed by atoms with van der Waals surface area (Å²) >= 11 is 0. The molecule has 2 N–H and O–H groups in total. The molecule has 98 valence electrons. The van der Waals surface area contributed by atoms with Gasteiger partial charge in [0.1, 0.15) is 6.17 Å². The van der Waals surface area contributed by atoms with Crippen LogP contribution in [0.5, 0.6) is 0 Å². The predicted octanol–water partition coefficient (Wildman–Crippen LogP) is 0.845. The molecule has 2 aliphatic rings. The number of nitrogens with zero attached hydrogens (tertiary/aromatic N) is 1. The molecule has 2 heterocycles. The van der Waals surface area contributed by atoms with Crippen molar-refractivity contribution in [3.63, 3.8) is 0 Å². The fourth-order valence-corrected chi connectivity index (χ4v) is 2.39. The predicted molar refractivity (Wildman–Crippen MR) is 59.9 cm³/mol. The molecule has 2 rings (SSSR count). The van der Waals surface area contributed by atoms with Gasteiger partial charge in [0.25, 0.3) is 0 Å². The van der Waals surface area contributed by atoms with Crippen LogP contribution in [0.2, 0.25) is 0 Å². The summed E-state index contributed by atoms with van der Waals surface area (Å²) in [5.74, 6) is 0. The van der Waals surface area contributed by atoms with Gasteiger partial charge in [-0.3, -0.25) is 0 Å². The molecule has 6 heteroatoms. The zero-order chi connectivity index (χ0) is 12.3. The number of alkyl halides is 1. The minimum atomic E-state index is -1.20. The number of likely N-dealkylation sites (tertiary alicyclic amines) is 1. The van der Waals surface area contributed by atoms with Crippen molar-refractivity contribution in [2.24, 2.45) is 0 Å². The Balaban J connectivity index is 1.80. The van der Waals surface area contributed by atoms with Crippen molar-refractivity contribution < 1.29 is 19.0 Å². The molecular weight excluding hydrogens is 227 g/mol. The molecule has 0 bridgehead atoms. The largest absolute Gasteiger partial charge is 0.465 e. The quantitative estimate of drug-likeness (QED) is 0.758. The molecule has 2 saturated heterocycles. The summed E-state index contributed by atoms with van der Waals surface area (Å²) in [6.45, 7) is 2.13. The van der Waals surface area contributed by atoms with Gasteiger partial charge in [0.05, 0.1) is 18.8 Å². The summed E-state index contributed by atoms with van der Waals surface area (Å²) in [7, 11) is 0. The Bertz CT molecular complexity index is 271. The van der Waals surface area contributed by atoms with Crippen molar-refractivity contribution in [2.75, 3.05) is 26.2 Å². The van der Waals surface area contributed by atoms with Crippen LogP contribution in [0.1, 0.15) is 19.3 Å². The number of hydrogen-bond donors (Lipinski definition) is 2. The fraction of sp³-hybridized carbons (Fsp3) is 0.909. The molecular formula is C11H19FN2O3. The van der Waals surface area contributed by atoms with Gasteiger partial charge >= 0.3 is 6.09 Å². The summed E-state index contributed by atoms with van der Waals surface area (Å²) in [6.07, 6.45) is -0.290. The van der Waals surface area contributed by atoms with Crippen molar-refractivity contribution in [3.8, 4) is 0 Å². The fourth-order valence-electron chi connectivity index (χ4n) is 2.39. The summed E-state index contributed by atoms with van der Waals surface area (Å²) in [5.41, 5.74) is 0. The minimum absolute atomic E-state index is 0.0645. The maximum absolute atomic E-state index is 13.8. The van der Waals surface area contributed by atoms with Crippen LogP contribution in [0.25, 0.3) is 0 Å². The lowest BCUT2D eigenvalue weighted by Crippen LogP contribution is -2.49. The van der Waals surface area contributed by atoms with E-state index in [-0.39, 0.29) is 12.6 Å². The topological polar surface area (TPSA) is 61.8 Å². The highest BCUT2D eigenvalue weighted by Gasteiger charge is 2.33. The van der Waals surface area contributed by atoms with Crippen molar-refractivity contribution in [3.05, 3.63) is 0 Å². The van der Waals surface area contributed by atoms with Crippen LogP contribution < -0.4 is 5.32 Å². The number of carbonyl (C=O) groups is 1. The number of ether oxygens (including phenoxy) is 1. The molecule has 0 unspecified atom stereocenters. The van der Waals surface area contributed by atoms with Crippen molar-refractivity contribution >= 4 is 6.09 Å². The van der Waals surface area contributed by atoms with Crippen LogP contribution in [0, 0.1) is 0 Å². The first kappa shape index (κ1) is 12.6. The number of amides is 1. The first-order valence-corrected chi connectivity index (χ1v) is 6.15. The second-order valence-electron chi connectivity index (χ2n) is 4.66. The molecule has 0 spiro atoms. The van der Waals surface area contributed by atoms with Crippen molar-refractivity contribution in [1.29, 1.82) is 0 Å². The molecule has 0 radical (unpaired) electrons. The molecule has 5 nitrogen and oxygen atoms in total. The first-order valence-electron chi connectivity index (χ1n) is 6.15. The molecule has 17 heavy (non-hydrogen) atoms. The highest BCUT2D eigenvalue weighted by atomic mass is 19.1. The first-order chi connectivity index (χ1) is 8.16. The molecule has 0 aromatic heterocycles. The molecule has 0 aromatic carbocycles. The lowest BCUT2D eigenvalue weighted by atomic mass is 10.0. The standard InChI is InChI=1S/C11H19FN2O3/c12-9-7-14(11(15)16)6-3-10(9)17-8-1-4-13-5-2-8/h8-10,13H,1-7H2,(H,15,16)/t9-,10-/m1/s1. The Kier molecular flexibility index (Phi) is 4.17. The van der Waals surface area contributed by atoms with E-state index in [0.29, 0.717) is 13.0 Å². The highest BCUT2D eigenvalue weighted by molar-refractivity contribution is 5.65. The monoisotopic (exact) mass is 246 g/mol. The summed E-state index contributed by atoms with van der Waals surface area (Å²) < 4.78 is 19.5. The number of halogens is 1. The Morgan fingerprint density at radius 3 is 2.65 bits per heavy atom. The van der Waals surface area contributed by atoms with Gasteiger partial charge in [-0.1, -0.05) is 0 Å². The normalized spacial score (nSPS) is 31.5. The van der Waals surface area contributed by atoms with E-state index in [1.807, 2.05) is 0 Å². The number of carboxylic acid groups (broad SMARTS) is 1. The van der Waals surface area contributed by atoms with E-state index >= 15 is 0 Å². The minimum Gasteiger partial charge on any atom is -0.465 e. The van der Waals surface area contributed by atoms with Crippen LogP contribution in [0.4, 0.5) is 9.18 Å². The van der Waals surface area contributed by atoms with E-state index in [4.69, 9.17) is 9.84 Å². The van der Waals surface area contributed by atoms with Crippen LogP contribution in [0.15, 0.2) is 0 Å². The van der Waals surface area contributed by atoms with E-state index in [1.165, 1.54) is 0 Å². The zero-order valence-electron chi connectivity index (χ0n) is 9.77. The Morgan fingerprint density at radius 2 is 2.06 bits per heavy atom. The Labute approximate surface area is 99.9 Å². The lowest BCUT2D eigenvalue weighted by Gasteiger charge is -2.36. The van der Waals surface area contributed by atoms with E-state index in [1.54, 1.807) is 0 Å². The number of piperidine rings is 2. The SMILES string of the molecule is O=C(O)N1CC[C@@H](OC2CCNCC2)[C@H](F)C1. The molecule has 0 aliphatic carbocycles. The summed E-state index contributed by atoms with van der Waals surface area (Å²) in [4.78, 5) is 11.8. The third kappa shape index (κ3) is 3.29. The van der Waals surface area contributed by atoms with Gasteiger partial charge in [-0.25, -0.2) is 9.18 Å². The average molecular weight is 246 g/mol. The van der Waals surface area contributed by atoms with Gasteiger partial charge in [0, 0.05) is 6.54 Å². The average Bonchev–Trinajstić information content (AvgIpc) is 2.33. The van der Waals surface area contributed by atoms with Gasteiger partial charge in [-0.2, -0.15) is 0 Å². The summed E-state index contributed by atoms with van der Waals surface area (Å²) in [5, 5.41) is 12.0. The lowest BCUT2D eigenvalue weighted by molar-refractivity contribution is -0.0871. The molecule has 0 aromatic rings. The van der Waals surface area contributed by atoms with Crippen molar-refractivity contribution in [2.45, 2.75) is 37.6 Å². The van der Waals surface area contributed by atoms with Gasteiger partial charge in [-0.05, 0) is 32.4 Å². The summed E-state index contributed by atoms with van der Waals surface area (Å²) in [6, 6.07) is 0. The third-order valence-electron chi connectivity index (χ3n) is 3.41. The van der Waals surface area contributed by atoms with Crippen LogP contribution in [0.3, 0.4) is 0 Å². The van der Waals surface area contributed by atoms with Gasteiger partial charge in [0.15, 0.2) is 0 Å². The number of rotatable bonds is 2. The van der Waals surface area contributed by atoms with E-state index in [2.05, 4.69) is 5.32 Å². The molecule has 0 saturated carbocycles. The molecule has 2 atom stereocenters. The second-order valence-corrected chi connectivity index (χ2v) is 4.66. The highest BCUT2D eigenvalue weighted by Crippen LogP contribution is 2.21. The number of nitrogens with one attached hydrogen (secondary N) is 1. The van der Waals surface area contributed by atoms with Crippen LogP contribution in [-0.2, 0) is 4.74 Å². The third-order valence-corrected chi connectivity index (χ3v) is 3.41. The van der Waals surface area contributed by atoms with E-state index < -0.39 is 18.4 Å². The maximum Gasteiger partial charge on any atom is 0.407 e. The van der Waals surface area contributed by atoms with Gasteiger partial charge in [-0.15, -0.1) is 0 Å². The smallest absolute Gasteiger partial charge is 0.407 e. The van der Waals surface area contributed by atoms with E-state index in [0.717, 1.165) is 30.8 Å². The number of hydrogen-bond acceptors (Lipinski definition) is 3. The second kappa shape index (κ2) is 5.64. The maximum atomic E-state index is 13.8. The zero-order valence-corrected chi connectivity index (χ0v) is 9.77. The van der Waals surface area contributed by atoms with Crippen LogP contribution in [-0.4, -0.2) is 60.7 Å². The van der Waals surface area contributed by atoms with Gasteiger partial charge in [0.2, 0.25) is 0 Å². The molecule has 1 amide bonds. The Hall–Kier alpha value is -0.880. The molecule has 2 aliphatic heterocycles.